The van der Waals surface area contributed by atoms with Gasteiger partial charge in [0.25, 0.3) is 0 Å². The topological polar surface area (TPSA) is 23.6 Å². The molecule has 3 nitrogen and oxygen atoms in total. The summed E-state index contributed by atoms with van der Waals surface area (Å²) < 4.78 is 0. The highest BCUT2D eigenvalue weighted by Crippen LogP contribution is 2.32. The molecule has 3 heteroatoms. The van der Waals surface area contributed by atoms with E-state index in [1.54, 1.807) is 0 Å². The van der Waals surface area contributed by atoms with Gasteiger partial charge in [0.2, 0.25) is 5.91 Å². The first-order valence-corrected chi connectivity index (χ1v) is 10.9. The SMILES string of the molecule is O=C(Cc1cccc2ccccc12)N1CCc2ccccc2C1CN1CCCC1. The molecule has 0 aromatic heterocycles. The number of hydrogen-bond donors (Lipinski definition) is 0. The molecule has 1 amide bonds. The second-order valence-corrected chi connectivity index (χ2v) is 8.37. The van der Waals surface area contributed by atoms with Gasteiger partial charge in [-0.2, -0.15) is 0 Å². The second kappa shape index (κ2) is 8.00. The number of rotatable bonds is 4. The molecule has 0 spiro atoms. The van der Waals surface area contributed by atoms with E-state index in [0.29, 0.717) is 6.42 Å². The van der Waals surface area contributed by atoms with E-state index in [2.05, 4.69) is 76.5 Å². The minimum atomic E-state index is 0.167. The Morgan fingerprint density at radius 1 is 0.862 bits per heavy atom. The van der Waals surface area contributed by atoms with Crippen LogP contribution < -0.4 is 0 Å². The van der Waals surface area contributed by atoms with Gasteiger partial charge >= 0.3 is 0 Å². The number of carbonyl (C=O) groups is 1. The van der Waals surface area contributed by atoms with Crippen molar-refractivity contribution >= 4 is 16.7 Å². The molecule has 3 aromatic rings. The summed E-state index contributed by atoms with van der Waals surface area (Å²) in [6.45, 7) is 4.09. The average molecular weight is 385 g/mol. The summed E-state index contributed by atoms with van der Waals surface area (Å²) in [4.78, 5) is 18.2. The summed E-state index contributed by atoms with van der Waals surface area (Å²) in [6, 6.07) is 23.5. The summed E-state index contributed by atoms with van der Waals surface area (Å²) in [6.07, 6.45) is 3.98. The van der Waals surface area contributed by atoms with Crippen LogP contribution in [0.25, 0.3) is 10.8 Å². The summed E-state index contributed by atoms with van der Waals surface area (Å²) in [5.41, 5.74) is 3.88. The van der Waals surface area contributed by atoms with Gasteiger partial charge in [0.05, 0.1) is 12.5 Å². The molecule has 0 saturated carbocycles. The maximum Gasteiger partial charge on any atom is 0.227 e. The van der Waals surface area contributed by atoms with Crippen LogP contribution in [0.15, 0.2) is 66.7 Å². The van der Waals surface area contributed by atoms with E-state index in [0.717, 1.165) is 38.2 Å². The van der Waals surface area contributed by atoms with Crippen LogP contribution in [0.2, 0.25) is 0 Å². The van der Waals surface area contributed by atoms with Crippen LogP contribution in [0.4, 0.5) is 0 Å². The molecular weight excluding hydrogens is 356 g/mol. The van der Waals surface area contributed by atoms with Gasteiger partial charge in [-0.25, -0.2) is 0 Å². The quantitative estimate of drug-likeness (QED) is 0.656. The van der Waals surface area contributed by atoms with E-state index in [1.165, 1.54) is 34.7 Å². The van der Waals surface area contributed by atoms with Gasteiger partial charge in [0.1, 0.15) is 0 Å². The third kappa shape index (κ3) is 3.67. The van der Waals surface area contributed by atoms with Gasteiger partial charge in [-0.3, -0.25) is 4.79 Å². The van der Waals surface area contributed by atoms with Crippen molar-refractivity contribution in [3.63, 3.8) is 0 Å². The van der Waals surface area contributed by atoms with E-state index < -0.39 is 0 Å². The molecule has 1 unspecified atom stereocenters. The fourth-order valence-corrected chi connectivity index (χ4v) is 5.07. The number of benzene rings is 3. The molecule has 0 aliphatic carbocycles. The lowest BCUT2D eigenvalue weighted by molar-refractivity contribution is -0.133. The van der Waals surface area contributed by atoms with Gasteiger partial charge in [-0.15, -0.1) is 0 Å². The van der Waals surface area contributed by atoms with Gasteiger partial charge in [-0.05, 0) is 59.8 Å². The summed E-state index contributed by atoms with van der Waals surface area (Å²) in [7, 11) is 0. The van der Waals surface area contributed by atoms with E-state index in [4.69, 9.17) is 0 Å². The van der Waals surface area contributed by atoms with Crippen molar-refractivity contribution in [3.8, 4) is 0 Å². The van der Waals surface area contributed by atoms with Crippen molar-refractivity contribution in [1.82, 2.24) is 9.80 Å². The number of nitrogens with zero attached hydrogens (tertiary/aromatic N) is 2. The molecule has 3 aromatic carbocycles. The van der Waals surface area contributed by atoms with Crippen LogP contribution in [-0.4, -0.2) is 41.9 Å². The first-order chi connectivity index (χ1) is 14.3. The zero-order valence-corrected chi connectivity index (χ0v) is 16.9. The molecule has 0 N–H and O–H groups in total. The van der Waals surface area contributed by atoms with Gasteiger partial charge < -0.3 is 9.80 Å². The van der Waals surface area contributed by atoms with Crippen molar-refractivity contribution in [3.05, 3.63) is 83.4 Å². The minimum absolute atomic E-state index is 0.167. The Hall–Kier alpha value is -2.65. The largest absolute Gasteiger partial charge is 0.334 e. The molecule has 2 aliphatic rings. The third-order valence-corrected chi connectivity index (χ3v) is 6.58. The number of amides is 1. The maximum atomic E-state index is 13.5. The molecule has 2 aliphatic heterocycles. The fraction of sp³-hybridized carbons (Fsp3) is 0.346. The van der Waals surface area contributed by atoms with Crippen LogP contribution in [0.1, 0.15) is 35.6 Å². The Labute approximate surface area is 172 Å². The van der Waals surface area contributed by atoms with Crippen molar-refractivity contribution in [2.75, 3.05) is 26.2 Å². The highest BCUT2D eigenvalue weighted by molar-refractivity contribution is 5.90. The first kappa shape index (κ1) is 18.4. The predicted octanol–water partition coefficient (Wildman–Crippen LogP) is 4.60. The summed E-state index contributed by atoms with van der Waals surface area (Å²) in [5, 5.41) is 2.40. The first-order valence-electron chi connectivity index (χ1n) is 10.9. The minimum Gasteiger partial charge on any atom is -0.334 e. The number of hydrogen-bond acceptors (Lipinski definition) is 2. The maximum absolute atomic E-state index is 13.5. The summed E-state index contributed by atoms with van der Waals surface area (Å²) in [5.74, 6) is 0.250. The van der Waals surface area contributed by atoms with E-state index in [1.807, 2.05) is 0 Å². The zero-order valence-electron chi connectivity index (χ0n) is 16.9. The number of fused-ring (bicyclic) bond motifs is 2. The molecule has 1 atom stereocenters. The number of likely N-dealkylation sites (tertiary alicyclic amines) is 1. The Morgan fingerprint density at radius 2 is 1.62 bits per heavy atom. The highest BCUT2D eigenvalue weighted by atomic mass is 16.2. The molecule has 148 valence electrons. The molecule has 1 fully saturated rings. The lowest BCUT2D eigenvalue weighted by Crippen LogP contribution is -2.45. The van der Waals surface area contributed by atoms with Crippen molar-refractivity contribution < 1.29 is 4.79 Å². The molecular formula is C26H28N2O. The van der Waals surface area contributed by atoms with Crippen molar-refractivity contribution in [1.29, 1.82) is 0 Å². The fourth-order valence-electron chi connectivity index (χ4n) is 5.07. The Bertz CT molecular complexity index is 1020. The standard InChI is InChI=1S/C26H28N2O/c29-26(18-22-11-7-10-20-8-1-3-12-23(20)22)28-17-14-21-9-2-4-13-24(21)25(28)19-27-15-5-6-16-27/h1-4,7-13,25H,5-6,14-19H2. The molecule has 1 saturated heterocycles. The zero-order chi connectivity index (χ0) is 19.6. The van der Waals surface area contributed by atoms with Gasteiger partial charge in [0.15, 0.2) is 0 Å². The highest BCUT2D eigenvalue weighted by Gasteiger charge is 2.32. The summed E-state index contributed by atoms with van der Waals surface area (Å²) >= 11 is 0. The van der Waals surface area contributed by atoms with E-state index >= 15 is 0 Å². The Balaban J connectivity index is 1.44. The molecule has 0 bridgehead atoms. The van der Waals surface area contributed by atoms with Crippen molar-refractivity contribution in [2.45, 2.75) is 31.7 Å². The van der Waals surface area contributed by atoms with Crippen LogP contribution in [-0.2, 0) is 17.6 Å². The monoisotopic (exact) mass is 384 g/mol. The Kier molecular flexibility index (Phi) is 5.07. The smallest absolute Gasteiger partial charge is 0.227 e. The normalized spacial score (nSPS) is 19.4. The van der Waals surface area contributed by atoms with Crippen LogP contribution >= 0.6 is 0 Å². The van der Waals surface area contributed by atoms with Gasteiger partial charge in [-0.1, -0.05) is 66.7 Å². The van der Waals surface area contributed by atoms with E-state index in [-0.39, 0.29) is 11.9 Å². The molecule has 29 heavy (non-hydrogen) atoms. The predicted molar refractivity (Wildman–Crippen MR) is 118 cm³/mol. The Morgan fingerprint density at radius 3 is 2.52 bits per heavy atom. The van der Waals surface area contributed by atoms with E-state index in [9.17, 15) is 4.79 Å². The lowest BCUT2D eigenvalue weighted by atomic mass is 9.91. The van der Waals surface area contributed by atoms with Crippen LogP contribution in [0.3, 0.4) is 0 Å². The van der Waals surface area contributed by atoms with Crippen LogP contribution in [0.5, 0.6) is 0 Å². The second-order valence-electron chi connectivity index (χ2n) is 8.37. The van der Waals surface area contributed by atoms with Crippen LogP contribution in [0, 0.1) is 0 Å². The number of carbonyl (C=O) groups excluding carboxylic acids is 1. The van der Waals surface area contributed by atoms with Crippen molar-refractivity contribution in [2.24, 2.45) is 0 Å². The molecule has 5 rings (SSSR count). The lowest BCUT2D eigenvalue weighted by Gasteiger charge is -2.39. The average Bonchev–Trinajstić information content (AvgIpc) is 3.27. The molecule has 2 heterocycles. The third-order valence-electron chi connectivity index (χ3n) is 6.58. The molecule has 0 radical (unpaired) electrons. The van der Waals surface area contributed by atoms with Gasteiger partial charge in [0, 0.05) is 13.1 Å².